The van der Waals surface area contributed by atoms with E-state index in [4.69, 9.17) is 11.6 Å². The van der Waals surface area contributed by atoms with Crippen molar-refractivity contribution in [3.63, 3.8) is 0 Å². The Bertz CT molecular complexity index is 583. The molecule has 2 fully saturated rings. The van der Waals surface area contributed by atoms with Gasteiger partial charge in [0.25, 0.3) is 0 Å². The van der Waals surface area contributed by atoms with Crippen LogP contribution in [0.1, 0.15) is 0 Å². The van der Waals surface area contributed by atoms with Crippen LogP contribution in [0, 0.1) is 11.8 Å². The van der Waals surface area contributed by atoms with Gasteiger partial charge in [-0.25, -0.2) is 13.1 Å². The summed E-state index contributed by atoms with van der Waals surface area (Å²) >= 11 is 9.09. The van der Waals surface area contributed by atoms with E-state index in [1.165, 1.54) is 12.1 Å². The standard InChI is InChI=1S/C11H12BrClN2O2S/c12-9-3-6(1-2-10(9)13)18(16,17)15-11-7-4-14-5-8(7)11/h1-3,7-8,11,14-15H,4-5H2. The lowest BCUT2D eigenvalue weighted by atomic mass is 10.4. The highest BCUT2D eigenvalue weighted by molar-refractivity contribution is 9.10. The number of benzene rings is 1. The SMILES string of the molecule is O=S(=O)(NC1C2CNCC21)c1ccc(Cl)c(Br)c1. The van der Waals surface area contributed by atoms with Gasteiger partial charge in [-0.2, -0.15) is 0 Å². The van der Waals surface area contributed by atoms with E-state index < -0.39 is 10.0 Å². The lowest BCUT2D eigenvalue weighted by Crippen LogP contribution is -2.32. The van der Waals surface area contributed by atoms with Gasteiger partial charge in [-0.3, -0.25) is 0 Å². The molecule has 2 N–H and O–H groups in total. The van der Waals surface area contributed by atoms with Crippen molar-refractivity contribution >= 4 is 37.6 Å². The van der Waals surface area contributed by atoms with Crippen molar-refractivity contribution < 1.29 is 8.42 Å². The van der Waals surface area contributed by atoms with Gasteiger partial charge in [-0.15, -0.1) is 0 Å². The molecule has 0 spiro atoms. The zero-order valence-corrected chi connectivity index (χ0v) is 12.5. The predicted molar refractivity (Wildman–Crippen MR) is 73.1 cm³/mol. The number of nitrogens with one attached hydrogen (secondary N) is 2. The largest absolute Gasteiger partial charge is 0.316 e. The maximum Gasteiger partial charge on any atom is 0.240 e. The molecule has 1 aliphatic carbocycles. The molecule has 1 saturated carbocycles. The molecule has 2 unspecified atom stereocenters. The Hall–Kier alpha value is -0.140. The van der Waals surface area contributed by atoms with E-state index in [0.717, 1.165) is 13.1 Å². The number of rotatable bonds is 3. The summed E-state index contributed by atoms with van der Waals surface area (Å²) in [6.45, 7) is 1.81. The van der Waals surface area contributed by atoms with Gasteiger partial charge in [-0.1, -0.05) is 11.6 Å². The van der Waals surface area contributed by atoms with Crippen LogP contribution < -0.4 is 10.0 Å². The summed E-state index contributed by atoms with van der Waals surface area (Å²) in [5.74, 6) is 0.908. The highest BCUT2D eigenvalue weighted by Gasteiger charge is 2.54. The van der Waals surface area contributed by atoms with E-state index in [1.807, 2.05) is 0 Å². The van der Waals surface area contributed by atoms with Gasteiger partial charge in [0.15, 0.2) is 0 Å². The van der Waals surface area contributed by atoms with E-state index in [1.54, 1.807) is 6.07 Å². The van der Waals surface area contributed by atoms with E-state index in [9.17, 15) is 8.42 Å². The van der Waals surface area contributed by atoms with Crippen LogP contribution in [0.25, 0.3) is 0 Å². The van der Waals surface area contributed by atoms with Crippen molar-refractivity contribution in [2.24, 2.45) is 11.8 Å². The molecule has 7 heteroatoms. The fourth-order valence-electron chi connectivity index (χ4n) is 2.48. The van der Waals surface area contributed by atoms with Crippen LogP contribution in [0.3, 0.4) is 0 Å². The van der Waals surface area contributed by atoms with Crippen LogP contribution in [-0.2, 0) is 10.0 Å². The first kappa shape index (κ1) is 12.9. The number of sulfonamides is 1. The minimum absolute atomic E-state index is 0.0886. The molecule has 0 amide bonds. The van der Waals surface area contributed by atoms with Gasteiger partial charge < -0.3 is 5.32 Å². The van der Waals surface area contributed by atoms with Crippen molar-refractivity contribution in [3.05, 3.63) is 27.7 Å². The van der Waals surface area contributed by atoms with Crippen molar-refractivity contribution in [2.75, 3.05) is 13.1 Å². The van der Waals surface area contributed by atoms with Gasteiger partial charge >= 0.3 is 0 Å². The highest BCUT2D eigenvalue weighted by atomic mass is 79.9. The fraction of sp³-hybridized carbons (Fsp3) is 0.455. The second-order valence-corrected chi connectivity index (χ2v) is 7.68. The van der Waals surface area contributed by atoms with Gasteiger partial charge in [0.2, 0.25) is 10.0 Å². The number of hydrogen-bond acceptors (Lipinski definition) is 3. The second-order valence-electron chi connectivity index (χ2n) is 4.71. The Morgan fingerprint density at radius 2 is 2.00 bits per heavy atom. The zero-order chi connectivity index (χ0) is 12.9. The Morgan fingerprint density at radius 1 is 1.33 bits per heavy atom. The smallest absolute Gasteiger partial charge is 0.240 e. The third kappa shape index (κ3) is 2.20. The lowest BCUT2D eigenvalue weighted by molar-refractivity contribution is 0.565. The minimum atomic E-state index is -3.44. The number of hydrogen-bond donors (Lipinski definition) is 2. The molecule has 2 aliphatic rings. The monoisotopic (exact) mass is 350 g/mol. The molecule has 3 rings (SSSR count). The van der Waals surface area contributed by atoms with Gasteiger partial charge in [0.05, 0.1) is 9.92 Å². The quantitative estimate of drug-likeness (QED) is 0.869. The first-order valence-electron chi connectivity index (χ1n) is 5.67. The van der Waals surface area contributed by atoms with Crippen LogP contribution in [-0.4, -0.2) is 27.5 Å². The third-order valence-corrected chi connectivity index (χ3v) is 6.26. The van der Waals surface area contributed by atoms with Crippen molar-refractivity contribution in [1.82, 2.24) is 10.0 Å². The topological polar surface area (TPSA) is 58.2 Å². The van der Waals surface area contributed by atoms with E-state index >= 15 is 0 Å². The Kier molecular flexibility index (Phi) is 3.18. The normalized spacial score (nSPS) is 30.2. The maximum absolute atomic E-state index is 12.2. The molecular weight excluding hydrogens is 340 g/mol. The maximum atomic E-state index is 12.2. The summed E-state index contributed by atoms with van der Waals surface area (Å²) in [7, 11) is -3.44. The van der Waals surface area contributed by atoms with Gasteiger partial charge in [0, 0.05) is 10.5 Å². The molecule has 1 aromatic rings. The summed E-state index contributed by atoms with van der Waals surface area (Å²) in [6.07, 6.45) is 0. The molecule has 1 heterocycles. The summed E-state index contributed by atoms with van der Waals surface area (Å²) in [5.41, 5.74) is 0. The molecule has 1 saturated heterocycles. The van der Waals surface area contributed by atoms with E-state index in [0.29, 0.717) is 21.3 Å². The molecule has 1 aliphatic heterocycles. The first-order chi connectivity index (χ1) is 8.49. The summed E-state index contributed by atoms with van der Waals surface area (Å²) in [5, 5.41) is 3.74. The first-order valence-corrected chi connectivity index (χ1v) is 8.32. The van der Waals surface area contributed by atoms with E-state index in [2.05, 4.69) is 26.0 Å². The molecular formula is C11H12BrClN2O2S. The summed E-state index contributed by atoms with van der Waals surface area (Å²) in [4.78, 5) is 0.247. The van der Waals surface area contributed by atoms with Crippen LogP contribution in [0.5, 0.6) is 0 Å². The predicted octanol–water partition coefficient (Wildman–Crippen LogP) is 1.60. The molecule has 98 valence electrons. The number of piperidine rings is 1. The molecule has 0 aromatic heterocycles. The Morgan fingerprint density at radius 3 is 2.61 bits per heavy atom. The zero-order valence-electron chi connectivity index (χ0n) is 9.36. The summed E-state index contributed by atoms with van der Waals surface area (Å²) in [6, 6.07) is 4.72. The lowest BCUT2D eigenvalue weighted by Gasteiger charge is -2.09. The van der Waals surface area contributed by atoms with Crippen LogP contribution in [0.2, 0.25) is 5.02 Å². The molecule has 0 radical (unpaired) electrons. The highest BCUT2D eigenvalue weighted by Crippen LogP contribution is 2.42. The molecule has 2 atom stereocenters. The summed E-state index contributed by atoms with van der Waals surface area (Å²) < 4.78 is 27.7. The minimum Gasteiger partial charge on any atom is -0.316 e. The third-order valence-electron chi connectivity index (χ3n) is 3.58. The van der Waals surface area contributed by atoms with Crippen molar-refractivity contribution in [2.45, 2.75) is 10.9 Å². The van der Waals surface area contributed by atoms with Crippen LogP contribution >= 0.6 is 27.5 Å². The molecule has 1 aromatic carbocycles. The second kappa shape index (κ2) is 4.45. The fourth-order valence-corrected chi connectivity index (χ4v) is 4.50. The number of halogens is 2. The Balaban J connectivity index is 1.79. The average Bonchev–Trinajstić information content (AvgIpc) is 2.77. The molecule has 4 nitrogen and oxygen atoms in total. The van der Waals surface area contributed by atoms with Crippen LogP contribution in [0.15, 0.2) is 27.6 Å². The van der Waals surface area contributed by atoms with Crippen LogP contribution in [0.4, 0.5) is 0 Å². The average molecular weight is 352 g/mol. The number of fused-ring (bicyclic) bond motifs is 1. The molecule has 18 heavy (non-hydrogen) atoms. The Labute approximate surface area is 119 Å². The van der Waals surface area contributed by atoms with Crippen molar-refractivity contribution in [3.8, 4) is 0 Å². The van der Waals surface area contributed by atoms with E-state index in [-0.39, 0.29) is 10.9 Å². The van der Waals surface area contributed by atoms with Gasteiger partial charge in [-0.05, 0) is 59.1 Å². The van der Waals surface area contributed by atoms with Gasteiger partial charge in [0.1, 0.15) is 0 Å². The van der Waals surface area contributed by atoms with Crippen molar-refractivity contribution in [1.29, 1.82) is 0 Å². The molecule has 0 bridgehead atoms.